The maximum Gasteiger partial charge on any atom is 0.0489 e. The van der Waals surface area contributed by atoms with Crippen molar-refractivity contribution in [3.8, 4) is 0 Å². The molecule has 0 aliphatic carbocycles. The van der Waals surface area contributed by atoms with Crippen LogP contribution in [0.1, 0.15) is 25.7 Å². The molecule has 1 aliphatic rings. The van der Waals surface area contributed by atoms with Gasteiger partial charge in [0, 0.05) is 25.0 Å². The van der Waals surface area contributed by atoms with Crippen LogP contribution in [0.15, 0.2) is 18.5 Å². The molecule has 1 aliphatic heterocycles. The number of piperidine rings is 1. The molecule has 0 saturated carbocycles. The first kappa shape index (κ1) is 8.75. The fourth-order valence-electron chi connectivity index (χ4n) is 1.89. The summed E-state index contributed by atoms with van der Waals surface area (Å²) in [5.74, 6) is 0. The van der Waals surface area contributed by atoms with Gasteiger partial charge in [0.25, 0.3) is 0 Å². The van der Waals surface area contributed by atoms with Crippen molar-refractivity contribution < 1.29 is 0 Å². The van der Waals surface area contributed by atoms with Crippen molar-refractivity contribution in [1.29, 1.82) is 0 Å². The molecular formula is C10H17N3. The first-order valence-electron chi connectivity index (χ1n) is 5.16. The highest BCUT2D eigenvalue weighted by molar-refractivity contribution is 4.79. The number of aryl methyl sites for hydroxylation is 1. The lowest BCUT2D eigenvalue weighted by Crippen LogP contribution is -2.34. The molecule has 0 aromatic carbocycles. The summed E-state index contributed by atoms with van der Waals surface area (Å²) < 4.78 is 2.01. The zero-order valence-electron chi connectivity index (χ0n) is 7.95. The van der Waals surface area contributed by atoms with Crippen LogP contribution < -0.4 is 5.32 Å². The minimum Gasteiger partial charge on any atom is -0.314 e. The van der Waals surface area contributed by atoms with Crippen LogP contribution in [0, 0.1) is 0 Å². The second kappa shape index (κ2) is 4.42. The predicted octanol–water partition coefficient (Wildman–Crippen LogP) is 1.42. The highest BCUT2D eigenvalue weighted by Gasteiger charge is 2.11. The average molecular weight is 179 g/mol. The van der Waals surface area contributed by atoms with E-state index in [1.165, 1.54) is 32.2 Å². The van der Waals surface area contributed by atoms with Crippen LogP contribution in [0.4, 0.5) is 0 Å². The molecule has 2 rings (SSSR count). The Balaban J connectivity index is 1.72. The van der Waals surface area contributed by atoms with Crippen molar-refractivity contribution in [1.82, 2.24) is 15.1 Å². The molecule has 0 bridgehead atoms. The Bertz CT molecular complexity index is 224. The Morgan fingerprint density at radius 3 is 3.15 bits per heavy atom. The molecular weight excluding hydrogens is 162 g/mol. The molecule has 1 unspecified atom stereocenters. The number of aromatic nitrogens is 2. The van der Waals surface area contributed by atoms with Gasteiger partial charge in [-0.25, -0.2) is 0 Å². The van der Waals surface area contributed by atoms with Gasteiger partial charge in [-0.05, 0) is 31.9 Å². The summed E-state index contributed by atoms with van der Waals surface area (Å²) in [6, 6.07) is 2.70. The molecule has 72 valence electrons. The second-order valence-corrected chi connectivity index (χ2v) is 3.70. The highest BCUT2D eigenvalue weighted by Crippen LogP contribution is 2.10. The van der Waals surface area contributed by atoms with Gasteiger partial charge in [0.05, 0.1) is 0 Å². The first-order chi connectivity index (χ1) is 6.45. The zero-order chi connectivity index (χ0) is 8.93. The van der Waals surface area contributed by atoms with E-state index < -0.39 is 0 Å². The molecule has 1 N–H and O–H groups in total. The van der Waals surface area contributed by atoms with Crippen molar-refractivity contribution >= 4 is 0 Å². The Kier molecular flexibility index (Phi) is 2.98. The van der Waals surface area contributed by atoms with E-state index >= 15 is 0 Å². The van der Waals surface area contributed by atoms with Crippen LogP contribution in [0.3, 0.4) is 0 Å². The molecule has 0 radical (unpaired) electrons. The van der Waals surface area contributed by atoms with Gasteiger partial charge in [0.15, 0.2) is 0 Å². The van der Waals surface area contributed by atoms with Gasteiger partial charge >= 0.3 is 0 Å². The molecule has 13 heavy (non-hydrogen) atoms. The summed E-state index contributed by atoms with van der Waals surface area (Å²) in [6.45, 7) is 2.24. The fraction of sp³-hybridized carbons (Fsp3) is 0.700. The van der Waals surface area contributed by atoms with Gasteiger partial charge in [0.1, 0.15) is 0 Å². The fourth-order valence-corrected chi connectivity index (χ4v) is 1.89. The summed E-state index contributed by atoms with van der Waals surface area (Å²) in [4.78, 5) is 0. The topological polar surface area (TPSA) is 29.9 Å². The Morgan fingerprint density at radius 2 is 2.46 bits per heavy atom. The van der Waals surface area contributed by atoms with Crippen LogP contribution >= 0.6 is 0 Å². The summed E-state index contributed by atoms with van der Waals surface area (Å²) in [6.07, 6.45) is 9.15. The molecule has 1 aromatic rings. The molecule has 2 heterocycles. The van der Waals surface area contributed by atoms with Crippen LogP contribution in [-0.4, -0.2) is 22.4 Å². The monoisotopic (exact) mass is 179 g/mol. The number of hydrogen-bond acceptors (Lipinski definition) is 2. The highest BCUT2D eigenvalue weighted by atomic mass is 15.3. The maximum atomic E-state index is 4.19. The largest absolute Gasteiger partial charge is 0.314 e. The van der Waals surface area contributed by atoms with Gasteiger partial charge in [-0.15, -0.1) is 0 Å². The third-order valence-electron chi connectivity index (χ3n) is 2.68. The number of nitrogens with zero attached hydrogens (tertiary/aromatic N) is 2. The standard InChI is InChI=1S/C10H17N3/c1-2-6-11-10(4-1)5-9-13-8-3-7-12-13/h3,7-8,10-11H,1-2,4-6,9H2. The summed E-state index contributed by atoms with van der Waals surface area (Å²) in [5, 5.41) is 7.73. The molecule has 1 saturated heterocycles. The van der Waals surface area contributed by atoms with E-state index in [2.05, 4.69) is 10.4 Å². The van der Waals surface area contributed by atoms with Crippen LogP contribution in [-0.2, 0) is 6.54 Å². The van der Waals surface area contributed by atoms with E-state index in [0.717, 1.165) is 12.6 Å². The number of hydrogen-bond donors (Lipinski definition) is 1. The first-order valence-corrected chi connectivity index (χ1v) is 5.16. The third-order valence-corrected chi connectivity index (χ3v) is 2.68. The molecule has 1 atom stereocenters. The lowest BCUT2D eigenvalue weighted by atomic mass is 10.0. The van der Waals surface area contributed by atoms with Crippen LogP contribution in [0.2, 0.25) is 0 Å². The molecule has 3 heteroatoms. The number of nitrogens with one attached hydrogen (secondary N) is 1. The van der Waals surface area contributed by atoms with Crippen molar-refractivity contribution in [2.24, 2.45) is 0 Å². The Hall–Kier alpha value is -0.830. The number of rotatable bonds is 3. The van der Waals surface area contributed by atoms with E-state index in [1.54, 1.807) is 0 Å². The quantitative estimate of drug-likeness (QED) is 0.760. The Labute approximate surface area is 79.1 Å². The van der Waals surface area contributed by atoms with Gasteiger partial charge in [-0.1, -0.05) is 6.42 Å². The van der Waals surface area contributed by atoms with Crippen molar-refractivity contribution in [3.05, 3.63) is 18.5 Å². The maximum absolute atomic E-state index is 4.19. The zero-order valence-corrected chi connectivity index (χ0v) is 7.95. The predicted molar refractivity (Wildman–Crippen MR) is 52.5 cm³/mol. The SMILES string of the molecule is c1cnn(CCC2CCCCN2)c1. The van der Waals surface area contributed by atoms with Gasteiger partial charge in [0.2, 0.25) is 0 Å². The molecule has 1 aromatic heterocycles. The third kappa shape index (κ3) is 2.56. The summed E-state index contributed by atoms with van der Waals surface area (Å²) >= 11 is 0. The minimum absolute atomic E-state index is 0.720. The van der Waals surface area contributed by atoms with E-state index in [-0.39, 0.29) is 0 Å². The molecule has 0 amide bonds. The van der Waals surface area contributed by atoms with Crippen molar-refractivity contribution in [3.63, 3.8) is 0 Å². The van der Waals surface area contributed by atoms with Gasteiger partial charge < -0.3 is 5.32 Å². The van der Waals surface area contributed by atoms with Crippen LogP contribution in [0.5, 0.6) is 0 Å². The van der Waals surface area contributed by atoms with E-state index in [0.29, 0.717) is 0 Å². The molecule has 1 fully saturated rings. The van der Waals surface area contributed by atoms with Gasteiger partial charge in [-0.2, -0.15) is 5.10 Å². The lowest BCUT2D eigenvalue weighted by molar-refractivity contribution is 0.360. The summed E-state index contributed by atoms with van der Waals surface area (Å²) in [5.41, 5.74) is 0. The van der Waals surface area contributed by atoms with Crippen molar-refractivity contribution in [2.45, 2.75) is 38.3 Å². The van der Waals surface area contributed by atoms with Crippen LogP contribution in [0.25, 0.3) is 0 Å². The summed E-state index contributed by atoms with van der Waals surface area (Å²) in [7, 11) is 0. The Morgan fingerprint density at radius 1 is 1.46 bits per heavy atom. The average Bonchev–Trinajstić information content (AvgIpc) is 2.69. The normalized spacial score (nSPS) is 23.2. The minimum atomic E-state index is 0.720. The van der Waals surface area contributed by atoms with E-state index in [1.807, 2.05) is 23.1 Å². The lowest BCUT2D eigenvalue weighted by Gasteiger charge is -2.23. The smallest absolute Gasteiger partial charge is 0.0489 e. The van der Waals surface area contributed by atoms with Gasteiger partial charge in [-0.3, -0.25) is 4.68 Å². The van der Waals surface area contributed by atoms with Crippen molar-refractivity contribution in [2.75, 3.05) is 6.54 Å². The van der Waals surface area contributed by atoms with E-state index in [9.17, 15) is 0 Å². The second-order valence-electron chi connectivity index (χ2n) is 3.70. The molecule has 3 nitrogen and oxygen atoms in total. The molecule has 0 spiro atoms. The van der Waals surface area contributed by atoms with E-state index in [4.69, 9.17) is 0 Å².